The zero-order valence-electron chi connectivity index (χ0n) is 17.0. The highest BCUT2D eigenvalue weighted by atomic mass is 32.2. The van der Waals surface area contributed by atoms with Gasteiger partial charge in [0.2, 0.25) is 0 Å². The van der Waals surface area contributed by atoms with E-state index in [0.717, 1.165) is 32.8 Å². The maximum Gasteiger partial charge on any atom is 0.293 e. The van der Waals surface area contributed by atoms with Crippen LogP contribution in [0.2, 0.25) is 0 Å². The van der Waals surface area contributed by atoms with Crippen LogP contribution in [-0.2, 0) is 16.6 Å². The molecule has 0 fully saturated rings. The molecule has 0 aliphatic rings. The first kappa shape index (κ1) is 21.7. The quantitative estimate of drug-likeness (QED) is 0.402. The fourth-order valence-corrected chi connectivity index (χ4v) is 5.01. The third-order valence-electron chi connectivity index (χ3n) is 4.55. The molecule has 2 aromatic carbocycles. The first-order valence-corrected chi connectivity index (χ1v) is 11.4. The van der Waals surface area contributed by atoms with Gasteiger partial charge in [-0.05, 0) is 51.5 Å². The average molecular weight is 447 g/mol. The van der Waals surface area contributed by atoms with E-state index in [4.69, 9.17) is 0 Å². The molecule has 0 spiro atoms. The van der Waals surface area contributed by atoms with Crippen molar-refractivity contribution >= 4 is 38.4 Å². The van der Waals surface area contributed by atoms with E-state index in [9.17, 15) is 18.5 Å². The normalized spacial score (nSPS) is 11.3. The van der Waals surface area contributed by atoms with Crippen molar-refractivity contribution in [1.82, 2.24) is 4.98 Å². The smallest absolute Gasteiger partial charge is 0.293 e. The number of anilines is 2. The Hall–Kier alpha value is -2.98. The standard InChI is InChI=1S/C20H22N4O4S2/c1-12-5-7-17(13(2)9-12)23-30(27,28)16-6-8-18(20(10-16)24(25)26)21-11-19-14(3)29-15(4)22-19/h5-10,21,23H,11H2,1-4H3. The van der Waals surface area contributed by atoms with Crippen molar-refractivity contribution in [3.8, 4) is 0 Å². The summed E-state index contributed by atoms with van der Waals surface area (Å²) in [5.41, 5.74) is 2.92. The third kappa shape index (κ3) is 4.77. The van der Waals surface area contributed by atoms with Gasteiger partial charge in [0.25, 0.3) is 15.7 Å². The Morgan fingerprint density at radius 1 is 1.07 bits per heavy atom. The predicted octanol–water partition coefficient (Wildman–Crippen LogP) is 4.70. The van der Waals surface area contributed by atoms with Crippen molar-refractivity contribution in [3.05, 3.63) is 73.2 Å². The topological polar surface area (TPSA) is 114 Å². The van der Waals surface area contributed by atoms with Gasteiger partial charge in [-0.15, -0.1) is 11.3 Å². The number of sulfonamides is 1. The molecule has 1 heterocycles. The van der Waals surface area contributed by atoms with Gasteiger partial charge in [0.05, 0.1) is 32.8 Å². The maximum absolute atomic E-state index is 12.8. The van der Waals surface area contributed by atoms with Crippen molar-refractivity contribution in [3.63, 3.8) is 0 Å². The van der Waals surface area contributed by atoms with E-state index in [-0.39, 0.29) is 16.3 Å². The predicted molar refractivity (Wildman–Crippen MR) is 119 cm³/mol. The molecule has 8 nitrogen and oxygen atoms in total. The number of aromatic nitrogens is 1. The van der Waals surface area contributed by atoms with E-state index < -0.39 is 14.9 Å². The van der Waals surface area contributed by atoms with Gasteiger partial charge < -0.3 is 5.32 Å². The van der Waals surface area contributed by atoms with Crippen molar-refractivity contribution in [2.24, 2.45) is 0 Å². The van der Waals surface area contributed by atoms with Gasteiger partial charge in [-0.25, -0.2) is 13.4 Å². The van der Waals surface area contributed by atoms with Gasteiger partial charge >= 0.3 is 0 Å². The molecule has 0 saturated heterocycles. The molecule has 3 aromatic rings. The number of nitrogens with zero attached hydrogens (tertiary/aromatic N) is 2. The second-order valence-corrected chi connectivity index (χ2v) is 10.0. The number of nitro benzene ring substituents is 1. The molecule has 1 aromatic heterocycles. The van der Waals surface area contributed by atoms with Gasteiger partial charge in [-0.2, -0.15) is 0 Å². The summed E-state index contributed by atoms with van der Waals surface area (Å²) in [6.45, 7) is 7.84. The lowest BCUT2D eigenvalue weighted by Gasteiger charge is -2.12. The molecule has 0 aliphatic carbocycles. The minimum Gasteiger partial charge on any atom is -0.374 e. The number of benzene rings is 2. The summed E-state index contributed by atoms with van der Waals surface area (Å²) in [6, 6.07) is 9.14. The first-order chi connectivity index (χ1) is 14.1. The van der Waals surface area contributed by atoms with Crippen molar-refractivity contribution in [2.75, 3.05) is 10.0 Å². The van der Waals surface area contributed by atoms with Crippen LogP contribution >= 0.6 is 11.3 Å². The molecular formula is C20H22N4O4S2. The highest BCUT2D eigenvalue weighted by Gasteiger charge is 2.22. The van der Waals surface area contributed by atoms with Gasteiger partial charge in [-0.1, -0.05) is 17.7 Å². The maximum atomic E-state index is 12.8. The van der Waals surface area contributed by atoms with Crippen LogP contribution in [0, 0.1) is 37.8 Å². The first-order valence-electron chi connectivity index (χ1n) is 9.12. The molecule has 2 N–H and O–H groups in total. The van der Waals surface area contributed by atoms with E-state index >= 15 is 0 Å². The van der Waals surface area contributed by atoms with E-state index in [1.54, 1.807) is 30.4 Å². The summed E-state index contributed by atoms with van der Waals surface area (Å²) in [5, 5.41) is 15.5. The summed E-state index contributed by atoms with van der Waals surface area (Å²) in [5.74, 6) is 0. The minimum absolute atomic E-state index is 0.180. The molecule has 0 atom stereocenters. The number of rotatable bonds is 7. The second kappa shape index (κ2) is 8.41. The molecular weight excluding hydrogens is 424 g/mol. The van der Waals surface area contributed by atoms with Gasteiger partial charge in [0, 0.05) is 10.9 Å². The van der Waals surface area contributed by atoms with E-state index in [1.807, 2.05) is 26.8 Å². The Kier molecular flexibility index (Phi) is 6.09. The minimum atomic E-state index is -3.98. The SMILES string of the molecule is Cc1ccc(NS(=O)(=O)c2ccc(NCc3nc(C)sc3C)c([N+](=O)[O-])c2)c(C)c1. The Labute approximate surface area is 179 Å². The Morgan fingerprint density at radius 3 is 2.37 bits per heavy atom. The number of hydrogen-bond donors (Lipinski definition) is 2. The molecule has 0 radical (unpaired) electrons. The van der Waals surface area contributed by atoms with Crippen molar-refractivity contribution in [1.29, 1.82) is 0 Å². The average Bonchev–Trinajstić information content (AvgIpc) is 2.99. The van der Waals surface area contributed by atoms with Crippen LogP contribution < -0.4 is 10.0 Å². The van der Waals surface area contributed by atoms with E-state index in [0.29, 0.717) is 12.2 Å². The zero-order chi connectivity index (χ0) is 22.1. The third-order valence-corrected chi connectivity index (χ3v) is 6.84. The molecule has 158 valence electrons. The molecule has 30 heavy (non-hydrogen) atoms. The number of aryl methyl sites for hydroxylation is 4. The monoisotopic (exact) mass is 446 g/mol. The molecule has 0 aliphatic heterocycles. The fraction of sp³-hybridized carbons (Fsp3) is 0.250. The summed E-state index contributed by atoms with van der Waals surface area (Å²) < 4.78 is 28.1. The van der Waals surface area contributed by atoms with Crippen molar-refractivity contribution in [2.45, 2.75) is 39.1 Å². The Bertz CT molecular complexity index is 1220. The van der Waals surface area contributed by atoms with E-state index in [1.165, 1.54) is 12.1 Å². The van der Waals surface area contributed by atoms with Crippen LogP contribution in [0.3, 0.4) is 0 Å². The number of thiazole rings is 1. The molecule has 0 unspecified atom stereocenters. The Morgan fingerprint density at radius 2 is 1.77 bits per heavy atom. The van der Waals surface area contributed by atoms with Crippen LogP contribution in [0.15, 0.2) is 41.3 Å². The van der Waals surface area contributed by atoms with Crippen LogP contribution in [0.4, 0.5) is 17.1 Å². The zero-order valence-corrected chi connectivity index (χ0v) is 18.6. The Balaban J connectivity index is 1.88. The summed E-state index contributed by atoms with van der Waals surface area (Å²) >= 11 is 1.55. The molecule has 3 rings (SSSR count). The number of nitrogens with one attached hydrogen (secondary N) is 2. The molecule has 0 bridgehead atoms. The van der Waals surface area contributed by atoms with Crippen LogP contribution in [0.1, 0.15) is 26.7 Å². The highest BCUT2D eigenvalue weighted by molar-refractivity contribution is 7.92. The highest BCUT2D eigenvalue weighted by Crippen LogP contribution is 2.30. The van der Waals surface area contributed by atoms with Crippen LogP contribution in [0.5, 0.6) is 0 Å². The fourth-order valence-electron chi connectivity index (χ4n) is 3.03. The lowest BCUT2D eigenvalue weighted by molar-refractivity contribution is -0.384. The van der Waals surface area contributed by atoms with E-state index in [2.05, 4.69) is 15.0 Å². The molecule has 0 saturated carbocycles. The second-order valence-electron chi connectivity index (χ2n) is 6.95. The largest absolute Gasteiger partial charge is 0.374 e. The van der Waals surface area contributed by atoms with Crippen LogP contribution in [0.25, 0.3) is 0 Å². The number of nitro groups is 1. The lowest BCUT2D eigenvalue weighted by Crippen LogP contribution is -2.14. The summed E-state index contributed by atoms with van der Waals surface area (Å²) in [4.78, 5) is 16.2. The van der Waals surface area contributed by atoms with Crippen molar-refractivity contribution < 1.29 is 13.3 Å². The van der Waals surface area contributed by atoms with Gasteiger partial charge in [0.1, 0.15) is 5.69 Å². The van der Waals surface area contributed by atoms with Gasteiger partial charge in [0.15, 0.2) is 0 Å². The van der Waals surface area contributed by atoms with Crippen LogP contribution in [-0.4, -0.2) is 18.3 Å². The summed E-state index contributed by atoms with van der Waals surface area (Å²) in [7, 11) is -3.98. The molecule has 0 amide bonds. The van der Waals surface area contributed by atoms with Gasteiger partial charge in [-0.3, -0.25) is 14.8 Å². The summed E-state index contributed by atoms with van der Waals surface area (Å²) in [6.07, 6.45) is 0. The number of hydrogen-bond acceptors (Lipinski definition) is 7. The lowest BCUT2D eigenvalue weighted by atomic mass is 10.1. The molecule has 10 heteroatoms.